The van der Waals surface area contributed by atoms with Crippen molar-refractivity contribution >= 4 is 33.1 Å². The van der Waals surface area contributed by atoms with Gasteiger partial charge in [0.05, 0.1) is 26.7 Å². The van der Waals surface area contributed by atoms with Crippen molar-refractivity contribution in [3.63, 3.8) is 0 Å². The zero-order chi connectivity index (χ0) is 19.0. The van der Waals surface area contributed by atoms with Gasteiger partial charge in [-0.1, -0.05) is 6.92 Å². The summed E-state index contributed by atoms with van der Waals surface area (Å²) in [5.41, 5.74) is 2.22. The molecule has 1 aliphatic rings. The summed E-state index contributed by atoms with van der Waals surface area (Å²) in [6, 6.07) is 3.77. The van der Waals surface area contributed by atoms with Crippen molar-refractivity contribution in [3.05, 3.63) is 28.9 Å². The number of ether oxygens (including phenoxy) is 3. The number of benzene rings is 1. The fourth-order valence-electron chi connectivity index (χ4n) is 3.66. The summed E-state index contributed by atoms with van der Waals surface area (Å²) in [6.45, 7) is 2.31. The maximum absolute atomic E-state index is 5.46. The fourth-order valence-corrected chi connectivity index (χ4v) is 5.01. The minimum absolute atomic E-state index is 0.570. The van der Waals surface area contributed by atoms with E-state index in [1.807, 2.05) is 12.1 Å². The first-order chi connectivity index (χ1) is 13.1. The molecule has 0 aliphatic heterocycles. The van der Waals surface area contributed by atoms with Gasteiger partial charge in [0, 0.05) is 22.7 Å². The van der Waals surface area contributed by atoms with Crippen molar-refractivity contribution in [3.8, 4) is 17.2 Å². The summed E-state index contributed by atoms with van der Waals surface area (Å²) in [5.74, 6) is 3.32. The number of hydrogen-bond acceptors (Lipinski definition) is 7. The van der Waals surface area contributed by atoms with Crippen molar-refractivity contribution in [2.45, 2.75) is 26.2 Å². The van der Waals surface area contributed by atoms with Gasteiger partial charge < -0.3 is 19.5 Å². The number of nitrogens with zero attached hydrogens (tertiary/aromatic N) is 2. The Kier molecular flexibility index (Phi) is 4.78. The van der Waals surface area contributed by atoms with Crippen molar-refractivity contribution in [1.82, 2.24) is 9.97 Å². The lowest BCUT2D eigenvalue weighted by Gasteiger charge is -2.18. The second-order valence-electron chi connectivity index (χ2n) is 6.79. The van der Waals surface area contributed by atoms with Crippen LogP contribution in [0.15, 0.2) is 18.5 Å². The van der Waals surface area contributed by atoms with Crippen LogP contribution >= 0.6 is 11.3 Å². The highest BCUT2D eigenvalue weighted by Crippen LogP contribution is 2.43. The van der Waals surface area contributed by atoms with E-state index < -0.39 is 0 Å². The van der Waals surface area contributed by atoms with Gasteiger partial charge in [-0.3, -0.25) is 0 Å². The molecule has 0 saturated carbocycles. The van der Waals surface area contributed by atoms with Crippen molar-refractivity contribution in [2.24, 2.45) is 5.92 Å². The molecule has 1 aromatic carbocycles. The lowest BCUT2D eigenvalue weighted by Crippen LogP contribution is -2.09. The first-order valence-electron chi connectivity index (χ1n) is 8.96. The lowest BCUT2D eigenvalue weighted by atomic mass is 9.89. The van der Waals surface area contributed by atoms with Gasteiger partial charge in [-0.2, -0.15) is 0 Å². The van der Waals surface area contributed by atoms with Crippen LogP contribution in [0.3, 0.4) is 0 Å². The third-order valence-electron chi connectivity index (χ3n) is 5.02. The molecule has 0 radical (unpaired) electrons. The average molecular weight is 385 g/mol. The van der Waals surface area contributed by atoms with Gasteiger partial charge in [0.15, 0.2) is 11.5 Å². The molecule has 2 aromatic heterocycles. The summed E-state index contributed by atoms with van der Waals surface area (Å²) in [6.07, 6.45) is 5.03. The largest absolute Gasteiger partial charge is 0.493 e. The highest BCUT2D eigenvalue weighted by molar-refractivity contribution is 7.19. The molecule has 0 unspecified atom stereocenters. The highest BCUT2D eigenvalue weighted by Gasteiger charge is 2.23. The van der Waals surface area contributed by atoms with Crippen LogP contribution in [0.1, 0.15) is 23.8 Å². The molecular formula is C20H23N3O3S. The minimum Gasteiger partial charge on any atom is -0.493 e. The van der Waals surface area contributed by atoms with Gasteiger partial charge in [0.25, 0.3) is 0 Å². The third kappa shape index (κ3) is 3.16. The number of aryl methyl sites for hydroxylation is 1. The van der Waals surface area contributed by atoms with E-state index in [0.29, 0.717) is 17.2 Å². The molecule has 3 aromatic rings. The Balaban J connectivity index is 1.78. The second kappa shape index (κ2) is 7.23. The highest BCUT2D eigenvalue weighted by atomic mass is 32.1. The number of fused-ring (bicyclic) bond motifs is 3. The van der Waals surface area contributed by atoms with Crippen LogP contribution in [0.4, 0.5) is 11.5 Å². The van der Waals surface area contributed by atoms with Crippen LogP contribution in [0, 0.1) is 5.92 Å². The van der Waals surface area contributed by atoms with E-state index in [1.165, 1.54) is 16.9 Å². The molecule has 0 spiro atoms. The van der Waals surface area contributed by atoms with E-state index in [9.17, 15) is 0 Å². The van der Waals surface area contributed by atoms with Crippen LogP contribution in [0.2, 0.25) is 0 Å². The van der Waals surface area contributed by atoms with Gasteiger partial charge in [-0.15, -0.1) is 11.3 Å². The predicted octanol–water partition coefficient (Wildman–Crippen LogP) is 4.59. The van der Waals surface area contributed by atoms with Gasteiger partial charge in [0.1, 0.15) is 17.0 Å². The van der Waals surface area contributed by atoms with Crippen molar-refractivity contribution in [2.75, 3.05) is 26.6 Å². The number of rotatable bonds is 5. The van der Waals surface area contributed by atoms with Crippen LogP contribution < -0.4 is 19.5 Å². The van der Waals surface area contributed by atoms with Crippen molar-refractivity contribution < 1.29 is 14.2 Å². The maximum Gasteiger partial charge on any atom is 0.203 e. The molecule has 27 heavy (non-hydrogen) atoms. The number of aromatic nitrogens is 2. The molecule has 7 heteroatoms. The summed E-state index contributed by atoms with van der Waals surface area (Å²) < 4.78 is 16.3. The summed E-state index contributed by atoms with van der Waals surface area (Å²) in [5, 5.41) is 4.57. The smallest absolute Gasteiger partial charge is 0.203 e. The Morgan fingerprint density at radius 1 is 1.07 bits per heavy atom. The molecule has 142 valence electrons. The molecule has 2 heterocycles. The Hall–Kier alpha value is -2.54. The number of nitrogens with one attached hydrogen (secondary N) is 1. The molecule has 1 N–H and O–H groups in total. The predicted molar refractivity (Wildman–Crippen MR) is 108 cm³/mol. The van der Waals surface area contributed by atoms with E-state index >= 15 is 0 Å². The number of anilines is 2. The van der Waals surface area contributed by atoms with Crippen LogP contribution in [0.25, 0.3) is 10.2 Å². The average Bonchev–Trinajstić information content (AvgIpc) is 3.05. The Morgan fingerprint density at radius 3 is 2.48 bits per heavy atom. The molecule has 0 saturated heterocycles. The van der Waals surface area contributed by atoms with Crippen molar-refractivity contribution in [1.29, 1.82) is 0 Å². The molecular weight excluding hydrogens is 362 g/mol. The van der Waals surface area contributed by atoms with Crippen LogP contribution in [-0.2, 0) is 12.8 Å². The van der Waals surface area contributed by atoms with Gasteiger partial charge in [-0.25, -0.2) is 9.97 Å². The summed E-state index contributed by atoms with van der Waals surface area (Å²) in [4.78, 5) is 11.5. The third-order valence-corrected chi connectivity index (χ3v) is 6.18. The topological polar surface area (TPSA) is 65.5 Å². The first-order valence-corrected chi connectivity index (χ1v) is 9.78. The molecule has 4 rings (SSSR count). The maximum atomic E-state index is 5.46. The monoisotopic (exact) mass is 385 g/mol. The number of thiophene rings is 1. The fraction of sp³-hybridized carbons (Fsp3) is 0.400. The minimum atomic E-state index is 0.570. The molecule has 6 nitrogen and oxygen atoms in total. The zero-order valence-corrected chi connectivity index (χ0v) is 16.8. The SMILES string of the molecule is COc1cc(Nc2ncnc3sc4c(c23)CC[C@@H](C)C4)cc(OC)c1OC. The van der Waals surface area contributed by atoms with Gasteiger partial charge >= 0.3 is 0 Å². The quantitative estimate of drug-likeness (QED) is 0.693. The van der Waals surface area contributed by atoms with Crippen LogP contribution in [0.5, 0.6) is 17.2 Å². The Labute approximate surface area is 162 Å². The van der Waals surface area contributed by atoms with Gasteiger partial charge in [0.2, 0.25) is 5.75 Å². The normalized spacial score (nSPS) is 16.1. The zero-order valence-electron chi connectivity index (χ0n) is 16.0. The van der Waals surface area contributed by atoms with E-state index in [1.54, 1.807) is 39.0 Å². The van der Waals surface area contributed by atoms with Gasteiger partial charge in [-0.05, 0) is 30.7 Å². The van der Waals surface area contributed by atoms with E-state index in [2.05, 4.69) is 22.2 Å². The van der Waals surface area contributed by atoms with E-state index in [0.717, 1.165) is 40.5 Å². The second-order valence-corrected chi connectivity index (χ2v) is 7.88. The standard InChI is InChI=1S/C20H23N3O3S/c1-11-5-6-13-16(7-11)27-20-17(13)19(21-10-22-20)23-12-8-14(24-2)18(26-4)15(9-12)25-3/h8-11H,5-7H2,1-4H3,(H,21,22,23)/t11-/m1/s1. The summed E-state index contributed by atoms with van der Waals surface area (Å²) in [7, 11) is 4.82. The van der Waals surface area contributed by atoms with Crippen LogP contribution in [-0.4, -0.2) is 31.3 Å². The molecule has 1 atom stereocenters. The molecule has 0 amide bonds. The number of hydrogen-bond donors (Lipinski definition) is 1. The Morgan fingerprint density at radius 2 is 1.81 bits per heavy atom. The van der Waals surface area contributed by atoms with E-state index in [4.69, 9.17) is 14.2 Å². The molecule has 0 fully saturated rings. The first kappa shape index (κ1) is 17.9. The summed E-state index contributed by atoms with van der Waals surface area (Å²) >= 11 is 1.79. The Bertz CT molecular complexity index is 961. The molecule has 0 bridgehead atoms. The van der Waals surface area contributed by atoms with E-state index in [-0.39, 0.29) is 0 Å². The molecule has 1 aliphatic carbocycles. The number of methoxy groups -OCH3 is 3. The lowest BCUT2D eigenvalue weighted by molar-refractivity contribution is 0.324.